The van der Waals surface area contributed by atoms with Crippen molar-refractivity contribution in [3.63, 3.8) is 0 Å². The fourth-order valence-corrected chi connectivity index (χ4v) is 2.37. The van der Waals surface area contributed by atoms with Crippen LogP contribution in [0.3, 0.4) is 0 Å². The van der Waals surface area contributed by atoms with E-state index in [0.717, 1.165) is 18.5 Å². The van der Waals surface area contributed by atoms with E-state index in [-0.39, 0.29) is 12.0 Å². The second-order valence-electron chi connectivity index (χ2n) is 6.18. The zero-order valence-electron chi connectivity index (χ0n) is 12.3. The van der Waals surface area contributed by atoms with Gasteiger partial charge in [0.25, 0.3) is 0 Å². The van der Waals surface area contributed by atoms with Crippen LogP contribution in [0.2, 0.25) is 0 Å². The molecule has 0 saturated carbocycles. The summed E-state index contributed by atoms with van der Waals surface area (Å²) in [5.41, 5.74) is 12.5. The lowest BCUT2D eigenvalue weighted by Gasteiger charge is -2.33. The normalized spacial score (nSPS) is 17.2. The van der Waals surface area contributed by atoms with Crippen LogP contribution in [0, 0.1) is 0 Å². The van der Waals surface area contributed by atoms with E-state index in [2.05, 4.69) is 10.2 Å². The predicted molar refractivity (Wildman–Crippen MR) is 77.2 cm³/mol. The van der Waals surface area contributed by atoms with Gasteiger partial charge in [-0.3, -0.25) is 5.10 Å². The van der Waals surface area contributed by atoms with Crippen LogP contribution in [0.4, 0.5) is 16.3 Å². The van der Waals surface area contributed by atoms with Gasteiger partial charge in [-0.1, -0.05) is 0 Å². The van der Waals surface area contributed by atoms with E-state index in [1.165, 1.54) is 0 Å². The lowest BCUT2D eigenvalue weighted by molar-refractivity contribution is 0.0204. The molecule has 1 aliphatic rings. The number of nitrogens with two attached hydrogens (primary N) is 2. The molecule has 7 heteroatoms. The zero-order chi connectivity index (χ0) is 14.9. The van der Waals surface area contributed by atoms with Crippen molar-refractivity contribution in [3.8, 4) is 0 Å². The summed E-state index contributed by atoms with van der Waals surface area (Å²) < 4.78 is 5.37. The third kappa shape index (κ3) is 3.15. The van der Waals surface area contributed by atoms with Crippen LogP contribution in [0.1, 0.15) is 45.2 Å². The molecule has 1 aromatic rings. The highest BCUT2D eigenvalue weighted by atomic mass is 16.6. The molecule has 0 atom stereocenters. The molecule has 7 nitrogen and oxygen atoms in total. The first-order valence-corrected chi connectivity index (χ1v) is 6.85. The highest BCUT2D eigenvalue weighted by molar-refractivity contribution is 5.68. The molecule has 0 spiro atoms. The van der Waals surface area contributed by atoms with E-state index in [1.807, 2.05) is 20.8 Å². The zero-order valence-corrected chi connectivity index (χ0v) is 12.3. The molecule has 20 heavy (non-hydrogen) atoms. The van der Waals surface area contributed by atoms with Crippen LogP contribution in [0.15, 0.2) is 0 Å². The minimum absolute atomic E-state index is 0.256. The van der Waals surface area contributed by atoms with Crippen molar-refractivity contribution in [3.05, 3.63) is 5.69 Å². The SMILES string of the molecule is CC(C)(C)OC(=O)N1CCC(c2[nH]nc(N)c2N)CC1. The Labute approximate surface area is 118 Å². The average Bonchev–Trinajstić information content (AvgIpc) is 2.68. The number of nitrogens with zero attached hydrogens (tertiary/aromatic N) is 2. The number of amides is 1. The third-order valence-corrected chi connectivity index (χ3v) is 3.42. The standard InChI is InChI=1S/C13H23N5O2/c1-13(2,3)20-12(19)18-6-4-8(5-7-18)10-9(14)11(15)17-16-10/h8H,4-7,14H2,1-3H3,(H3,15,16,17). The highest BCUT2D eigenvalue weighted by Gasteiger charge is 2.29. The number of hydrogen-bond donors (Lipinski definition) is 3. The average molecular weight is 281 g/mol. The molecule has 0 bridgehead atoms. The molecule has 2 heterocycles. The molecular formula is C13H23N5O2. The van der Waals surface area contributed by atoms with E-state index < -0.39 is 5.60 Å². The minimum atomic E-state index is -0.462. The minimum Gasteiger partial charge on any atom is -0.444 e. The second-order valence-corrected chi connectivity index (χ2v) is 6.18. The summed E-state index contributed by atoms with van der Waals surface area (Å²) in [7, 11) is 0. The van der Waals surface area contributed by atoms with Gasteiger partial charge in [0.05, 0.1) is 11.4 Å². The monoisotopic (exact) mass is 281 g/mol. The summed E-state index contributed by atoms with van der Waals surface area (Å²) in [6.07, 6.45) is 1.39. The first-order chi connectivity index (χ1) is 9.28. The predicted octanol–water partition coefficient (Wildman–Crippen LogP) is 1.69. The Morgan fingerprint density at radius 1 is 1.35 bits per heavy atom. The van der Waals surface area contributed by atoms with Crippen molar-refractivity contribution in [2.24, 2.45) is 0 Å². The lowest BCUT2D eigenvalue weighted by Crippen LogP contribution is -2.41. The van der Waals surface area contributed by atoms with Crippen LogP contribution < -0.4 is 11.5 Å². The molecule has 112 valence electrons. The van der Waals surface area contributed by atoms with E-state index in [0.29, 0.717) is 24.6 Å². The Bertz CT molecular complexity index is 483. The van der Waals surface area contributed by atoms with E-state index in [4.69, 9.17) is 16.2 Å². The number of likely N-dealkylation sites (tertiary alicyclic amines) is 1. The van der Waals surface area contributed by atoms with Crippen LogP contribution >= 0.6 is 0 Å². The van der Waals surface area contributed by atoms with Crippen LogP contribution in [-0.4, -0.2) is 39.9 Å². The number of aromatic nitrogens is 2. The molecule has 1 aliphatic heterocycles. The molecule has 5 N–H and O–H groups in total. The molecule has 0 aliphatic carbocycles. The van der Waals surface area contributed by atoms with E-state index in [1.54, 1.807) is 4.90 Å². The smallest absolute Gasteiger partial charge is 0.410 e. The summed E-state index contributed by atoms with van der Waals surface area (Å²) in [6, 6.07) is 0. The van der Waals surface area contributed by atoms with Gasteiger partial charge in [-0.05, 0) is 33.6 Å². The van der Waals surface area contributed by atoms with Gasteiger partial charge in [-0.25, -0.2) is 4.79 Å². The molecule has 1 saturated heterocycles. The summed E-state index contributed by atoms with van der Waals surface area (Å²) in [4.78, 5) is 13.7. The Morgan fingerprint density at radius 3 is 2.40 bits per heavy atom. The number of aromatic amines is 1. The molecule has 0 unspecified atom stereocenters. The largest absolute Gasteiger partial charge is 0.444 e. The number of piperidine rings is 1. The molecule has 1 aromatic heterocycles. The fourth-order valence-electron chi connectivity index (χ4n) is 2.37. The molecule has 0 radical (unpaired) electrons. The van der Waals surface area contributed by atoms with Gasteiger partial charge in [0.2, 0.25) is 0 Å². The number of carbonyl (C=O) groups is 1. The van der Waals surface area contributed by atoms with Crippen molar-refractivity contribution in [1.29, 1.82) is 0 Å². The number of anilines is 2. The van der Waals surface area contributed by atoms with Crippen molar-refractivity contribution in [1.82, 2.24) is 15.1 Å². The fraction of sp³-hybridized carbons (Fsp3) is 0.692. The Morgan fingerprint density at radius 2 is 1.95 bits per heavy atom. The van der Waals surface area contributed by atoms with Crippen molar-refractivity contribution >= 4 is 17.6 Å². The topological polar surface area (TPSA) is 110 Å². The number of rotatable bonds is 1. The second kappa shape index (κ2) is 5.22. The summed E-state index contributed by atoms with van der Waals surface area (Å²) in [5, 5.41) is 6.81. The Balaban J connectivity index is 1.93. The number of carbonyl (C=O) groups excluding carboxylic acids is 1. The quantitative estimate of drug-likeness (QED) is 0.725. The third-order valence-electron chi connectivity index (χ3n) is 3.42. The molecule has 2 rings (SSSR count). The molecule has 1 fully saturated rings. The van der Waals surface area contributed by atoms with Gasteiger partial charge >= 0.3 is 6.09 Å². The number of ether oxygens (including phenoxy) is 1. The summed E-state index contributed by atoms with van der Waals surface area (Å²) >= 11 is 0. The number of H-pyrrole nitrogens is 1. The highest BCUT2D eigenvalue weighted by Crippen LogP contribution is 2.32. The number of nitrogen functional groups attached to an aromatic ring is 2. The Hall–Kier alpha value is -1.92. The van der Waals surface area contributed by atoms with Crippen molar-refractivity contribution in [2.45, 2.75) is 45.1 Å². The summed E-state index contributed by atoms with van der Waals surface area (Å²) in [5.74, 6) is 0.605. The maximum absolute atomic E-state index is 12.0. The molecule has 0 aromatic carbocycles. The van der Waals surface area contributed by atoms with Crippen molar-refractivity contribution < 1.29 is 9.53 Å². The van der Waals surface area contributed by atoms with Gasteiger partial charge in [-0.15, -0.1) is 0 Å². The maximum atomic E-state index is 12.0. The van der Waals surface area contributed by atoms with Gasteiger partial charge < -0.3 is 21.1 Å². The van der Waals surface area contributed by atoms with Crippen LogP contribution in [-0.2, 0) is 4.74 Å². The summed E-state index contributed by atoms with van der Waals surface area (Å²) in [6.45, 7) is 6.90. The van der Waals surface area contributed by atoms with Gasteiger partial charge in [0.15, 0.2) is 5.82 Å². The number of hydrogen-bond acceptors (Lipinski definition) is 5. The lowest BCUT2D eigenvalue weighted by atomic mass is 9.93. The maximum Gasteiger partial charge on any atom is 0.410 e. The van der Waals surface area contributed by atoms with E-state index in [9.17, 15) is 4.79 Å². The number of nitrogens with one attached hydrogen (secondary N) is 1. The molecule has 1 amide bonds. The first-order valence-electron chi connectivity index (χ1n) is 6.85. The first kappa shape index (κ1) is 14.5. The van der Waals surface area contributed by atoms with Crippen LogP contribution in [0.25, 0.3) is 0 Å². The van der Waals surface area contributed by atoms with Gasteiger partial charge in [0.1, 0.15) is 5.60 Å². The van der Waals surface area contributed by atoms with Gasteiger partial charge in [-0.2, -0.15) is 5.10 Å². The van der Waals surface area contributed by atoms with Crippen molar-refractivity contribution in [2.75, 3.05) is 24.6 Å². The Kier molecular flexibility index (Phi) is 3.78. The van der Waals surface area contributed by atoms with Gasteiger partial charge in [0, 0.05) is 19.0 Å². The van der Waals surface area contributed by atoms with E-state index >= 15 is 0 Å². The van der Waals surface area contributed by atoms with Crippen LogP contribution in [0.5, 0.6) is 0 Å². The molecular weight excluding hydrogens is 258 g/mol.